The van der Waals surface area contributed by atoms with Crippen molar-refractivity contribution in [1.82, 2.24) is 10.2 Å². The van der Waals surface area contributed by atoms with Crippen LogP contribution >= 0.6 is 0 Å². The summed E-state index contributed by atoms with van der Waals surface area (Å²) in [5.74, 6) is 1.79. The lowest BCUT2D eigenvalue weighted by atomic mass is 10.1. The Morgan fingerprint density at radius 2 is 1.67 bits per heavy atom. The molecule has 1 aliphatic heterocycles. The smallest absolute Gasteiger partial charge is 0.125 e. The lowest BCUT2D eigenvalue weighted by Crippen LogP contribution is -2.44. The average Bonchev–Trinajstić information content (AvgIpc) is 2.67. The Labute approximate surface area is 144 Å². The standard InChI is InChI=1S/C20H26N2O2/c1-23-18-9-7-17(8-10-18)20(24-19-5-3-2-4-6-19)11-14-22-15-12-21-13-16-22/h2-10,20-21H,11-16H2,1H3. The zero-order valence-electron chi connectivity index (χ0n) is 14.3. The first-order valence-corrected chi connectivity index (χ1v) is 8.64. The summed E-state index contributed by atoms with van der Waals surface area (Å²) in [5.41, 5.74) is 1.19. The number of nitrogens with one attached hydrogen (secondary N) is 1. The molecule has 0 radical (unpaired) electrons. The third-order valence-corrected chi connectivity index (χ3v) is 4.43. The normalized spacial score (nSPS) is 16.5. The zero-order chi connectivity index (χ0) is 16.6. The van der Waals surface area contributed by atoms with Crippen LogP contribution in [0.25, 0.3) is 0 Å². The van der Waals surface area contributed by atoms with Gasteiger partial charge < -0.3 is 19.7 Å². The molecular formula is C20H26N2O2. The van der Waals surface area contributed by atoms with Gasteiger partial charge in [-0.1, -0.05) is 30.3 Å². The molecule has 24 heavy (non-hydrogen) atoms. The van der Waals surface area contributed by atoms with Crippen molar-refractivity contribution in [2.75, 3.05) is 39.8 Å². The van der Waals surface area contributed by atoms with E-state index in [1.54, 1.807) is 7.11 Å². The molecule has 1 N–H and O–H groups in total. The van der Waals surface area contributed by atoms with Crippen LogP contribution in [0.1, 0.15) is 18.1 Å². The number of methoxy groups -OCH3 is 1. The summed E-state index contributed by atoms with van der Waals surface area (Å²) in [4.78, 5) is 2.50. The highest BCUT2D eigenvalue weighted by Crippen LogP contribution is 2.26. The van der Waals surface area contributed by atoms with Crippen LogP contribution in [-0.2, 0) is 0 Å². The molecule has 1 aliphatic rings. The monoisotopic (exact) mass is 326 g/mol. The minimum atomic E-state index is 0.0493. The molecule has 1 fully saturated rings. The molecule has 4 heteroatoms. The molecule has 0 aliphatic carbocycles. The van der Waals surface area contributed by atoms with E-state index in [0.29, 0.717) is 0 Å². The zero-order valence-corrected chi connectivity index (χ0v) is 14.3. The molecule has 1 saturated heterocycles. The predicted molar refractivity (Wildman–Crippen MR) is 96.7 cm³/mol. The van der Waals surface area contributed by atoms with Crippen LogP contribution in [0.15, 0.2) is 54.6 Å². The Morgan fingerprint density at radius 1 is 0.958 bits per heavy atom. The molecule has 0 spiro atoms. The highest BCUT2D eigenvalue weighted by atomic mass is 16.5. The van der Waals surface area contributed by atoms with Crippen LogP contribution in [0.3, 0.4) is 0 Å². The molecule has 128 valence electrons. The summed E-state index contributed by atoms with van der Waals surface area (Å²) in [7, 11) is 1.69. The molecule has 0 saturated carbocycles. The van der Waals surface area contributed by atoms with Crippen molar-refractivity contribution in [1.29, 1.82) is 0 Å². The van der Waals surface area contributed by atoms with Gasteiger partial charge in [0.1, 0.15) is 17.6 Å². The van der Waals surface area contributed by atoms with Gasteiger partial charge in [0.25, 0.3) is 0 Å². The van der Waals surface area contributed by atoms with Crippen molar-refractivity contribution in [3.8, 4) is 11.5 Å². The van der Waals surface area contributed by atoms with Crippen LogP contribution in [0.5, 0.6) is 11.5 Å². The Kier molecular flexibility index (Phi) is 6.10. The minimum absolute atomic E-state index is 0.0493. The summed E-state index contributed by atoms with van der Waals surface area (Å²) >= 11 is 0. The fourth-order valence-electron chi connectivity index (χ4n) is 3.01. The molecule has 4 nitrogen and oxygen atoms in total. The second-order valence-corrected chi connectivity index (χ2v) is 6.07. The second kappa shape index (κ2) is 8.71. The quantitative estimate of drug-likeness (QED) is 0.848. The predicted octanol–water partition coefficient (Wildman–Crippen LogP) is 3.11. The molecule has 1 unspecified atom stereocenters. The number of ether oxygens (including phenoxy) is 2. The first kappa shape index (κ1) is 16.8. The highest BCUT2D eigenvalue weighted by molar-refractivity contribution is 5.30. The first-order valence-electron chi connectivity index (χ1n) is 8.64. The summed E-state index contributed by atoms with van der Waals surface area (Å²) in [5, 5.41) is 3.40. The highest BCUT2D eigenvalue weighted by Gasteiger charge is 2.17. The van der Waals surface area contributed by atoms with E-state index in [0.717, 1.165) is 50.6 Å². The van der Waals surface area contributed by atoms with Gasteiger partial charge in [0.05, 0.1) is 7.11 Å². The van der Waals surface area contributed by atoms with E-state index in [1.807, 2.05) is 42.5 Å². The largest absolute Gasteiger partial charge is 0.497 e. The molecule has 0 bridgehead atoms. The molecule has 0 aromatic heterocycles. The SMILES string of the molecule is COc1ccc(C(CCN2CCNCC2)Oc2ccccc2)cc1. The Hall–Kier alpha value is -2.04. The van der Waals surface area contributed by atoms with Crippen LogP contribution < -0.4 is 14.8 Å². The molecule has 2 aromatic carbocycles. The van der Waals surface area contributed by atoms with Crippen LogP contribution in [-0.4, -0.2) is 44.7 Å². The number of rotatable bonds is 7. The van der Waals surface area contributed by atoms with Gasteiger partial charge in [-0.05, 0) is 29.8 Å². The number of para-hydroxylation sites is 1. The van der Waals surface area contributed by atoms with Gasteiger partial charge in [-0.25, -0.2) is 0 Å². The summed E-state index contributed by atoms with van der Waals surface area (Å²) in [6, 6.07) is 18.3. The van der Waals surface area contributed by atoms with E-state index < -0.39 is 0 Å². The Balaban J connectivity index is 1.69. The van der Waals surface area contributed by atoms with Gasteiger partial charge in [-0.15, -0.1) is 0 Å². The van der Waals surface area contributed by atoms with E-state index in [4.69, 9.17) is 9.47 Å². The second-order valence-electron chi connectivity index (χ2n) is 6.07. The van der Waals surface area contributed by atoms with Gasteiger partial charge in [0, 0.05) is 39.1 Å². The minimum Gasteiger partial charge on any atom is -0.497 e. The lowest BCUT2D eigenvalue weighted by Gasteiger charge is -2.29. The van der Waals surface area contributed by atoms with Crippen molar-refractivity contribution in [3.63, 3.8) is 0 Å². The number of piperazine rings is 1. The maximum Gasteiger partial charge on any atom is 0.125 e. The van der Waals surface area contributed by atoms with E-state index in [1.165, 1.54) is 5.56 Å². The van der Waals surface area contributed by atoms with E-state index in [2.05, 4.69) is 22.3 Å². The van der Waals surface area contributed by atoms with Gasteiger partial charge in [-0.2, -0.15) is 0 Å². The van der Waals surface area contributed by atoms with Gasteiger partial charge >= 0.3 is 0 Å². The Morgan fingerprint density at radius 3 is 2.33 bits per heavy atom. The van der Waals surface area contributed by atoms with Crippen molar-refractivity contribution < 1.29 is 9.47 Å². The number of hydrogen-bond donors (Lipinski definition) is 1. The van der Waals surface area contributed by atoms with Crippen molar-refractivity contribution in [2.24, 2.45) is 0 Å². The fraction of sp³-hybridized carbons (Fsp3) is 0.400. The third kappa shape index (κ3) is 4.73. The molecule has 0 amide bonds. The van der Waals surface area contributed by atoms with E-state index >= 15 is 0 Å². The molecule has 1 atom stereocenters. The van der Waals surface area contributed by atoms with E-state index in [9.17, 15) is 0 Å². The Bertz CT molecular complexity index is 595. The molecule has 2 aromatic rings. The lowest BCUT2D eigenvalue weighted by molar-refractivity contribution is 0.156. The summed E-state index contributed by atoms with van der Waals surface area (Å²) < 4.78 is 11.5. The summed E-state index contributed by atoms with van der Waals surface area (Å²) in [6.07, 6.45) is 1.02. The number of nitrogens with zero attached hydrogens (tertiary/aromatic N) is 1. The van der Waals surface area contributed by atoms with Crippen LogP contribution in [0, 0.1) is 0 Å². The molecular weight excluding hydrogens is 300 g/mol. The maximum atomic E-state index is 6.28. The van der Waals surface area contributed by atoms with E-state index in [-0.39, 0.29) is 6.10 Å². The van der Waals surface area contributed by atoms with Crippen molar-refractivity contribution >= 4 is 0 Å². The van der Waals surface area contributed by atoms with Crippen molar-refractivity contribution in [3.05, 3.63) is 60.2 Å². The number of benzene rings is 2. The van der Waals surface area contributed by atoms with Gasteiger partial charge in [0.2, 0.25) is 0 Å². The third-order valence-electron chi connectivity index (χ3n) is 4.43. The first-order chi connectivity index (χ1) is 11.8. The average molecular weight is 326 g/mol. The van der Waals surface area contributed by atoms with Crippen molar-refractivity contribution in [2.45, 2.75) is 12.5 Å². The van der Waals surface area contributed by atoms with Gasteiger partial charge in [0.15, 0.2) is 0 Å². The fourth-order valence-corrected chi connectivity index (χ4v) is 3.01. The van der Waals surface area contributed by atoms with Gasteiger partial charge in [-0.3, -0.25) is 0 Å². The molecule has 1 heterocycles. The summed E-state index contributed by atoms with van der Waals surface area (Å²) in [6.45, 7) is 5.42. The van der Waals surface area contributed by atoms with Crippen LogP contribution in [0.2, 0.25) is 0 Å². The maximum absolute atomic E-state index is 6.28. The topological polar surface area (TPSA) is 33.7 Å². The number of hydrogen-bond acceptors (Lipinski definition) is 4. The van der Waals surface area contributed by atoms with Crippen LogP contribution in [0.4, 0.5) is 0 Å². The molecule has 3 rings (SSSR count).